The molecule has 0 aliphatic rings. The van der Waals surface area contributed by atoms with E-state index in [1.54, 1.807) is 6.21 Å². The minimum atomic E-state index is 1.03. The Morgan fingerprint density at radius 2 is 2.43 bits per heavy atom. The van der Waals surface area contributed by atoms with Crippen molar-refractivity contribution in [3.05, 3.63) is 12.2 Å². The maximum absolute atomic E-state index is 4.79. The van der Waals surface area contributed by atoms with E-state index in [2.05, 4.69) is 12.0 Å². The number of nitrogens with two attached hydrogens (primary N) is 1. The number of nitrogens with zero attached hydrogens (tertiary/aromatic N) is 1. The Morgan fingerprint density at radius 1 is 1.71 bits per heavy atom. The average molecular weight is 98.1 g/mol. The van der Waals surface area contributed by atoms with E-state index in [4.69, 9.17) is 5.84 Å². The van der Waals surface area contributed by atoms with Gasteiger partial charge in [0.25, 0.3) is 0 Å². The summed E-state index contributed by atoms with van der Waals surface area (Å²) in [4.78, 5) is 0. The zero-order valence-corrected chi connectivity index (χ0v) is 4.46. The van der Waals surface area contributed by atoms with E-state index in [-0.39, 0.29) is 0 Å². The van der Waals surface area contributed by atoms with E-state index in [0.717, 1.165) is 6.42 Å². The molecule has 0 aromatic heterocycles. The van der Waals surface area contributed by atoms with Crippen molar-refractivity contribution in [2.24, 2.45) is 10.9 Å². The first-order chi connectivity index (χ1) is 3.41. The molecule has 0 aromatic rings. The maximum atomic E-state index is 4.79. The molecule has 2 heteroatoms. The fraction of sp³-hybridized carbons (Fsp3) is 0.400. The fourth-order valence-corrected chi connectivity index (χ4v) is 0.247. The van der Waals surface area contributed by atoms with E-state index in [9.17, 15) is 0 Å². The molecule has 2 N–H and O–H groups in total. The standard InChI is InChI=1S/C5H10N2/c1-2-3-4-5-7-6/h3-5H,2,6H2,1H3/b4-3+,7-5+. The second-order valence-corrected chi connectivity index (χ2v) is 1.13. The molecule has 0 heterocycles. The topological polar surface area (TPSA) is 38.4 Å². The normalized spacial score (nSPS) is 11.6. The van der Waals surface area contributed by atoms with E-state index < -0.39 is 0 Å². The van der Waals surface area contributed by atoms with Gasteiger partial charge in [-0.25, -0.2) is 0 Å². The van der Waals surface area contributed by atoms with Crippen LogP contribution in [0, 0.1) is 0 Å². The summed E-state index contributed by atoms with van der Waals surface area (Å²) in [5.74, 6) is 4.79. The quantitative estimate of drug-likeness (QED) is 0.311. The summed E-state index contributed by atoms with van der Waals surface area (Å²) in [6.45, 7) is 2.06. The van der Waals surface area contributed by atoms with Crippen molar-refractivity contribution < 1.29 is 0 Å². The van der Waals surface area contributed by atoms with Crippen molar-refractivity contribution in [2.45, 2.75) is 13.3 Å². The second-order valence-electron chi connectivity index (χ2n) is 1.13. The van der Waals surface area contributed by atoms with Gasteiger partial charge in [0.2, 0.25) is 0 Å². The van der Waals surface area contributed by atoms with Crippen molar-refractivity contribution in [3.63, 3.8) is 0 Å². The lowest BCUT2D eigenvalue weighted by atomic mass is 10.4. The van der Waals surface area contributed by atoms with Gasteiger partial charge >= 0.3 is 0 Å². The summed E-state index contributed by atoms with van der Waals surface area (Å²) < 4.78 is 0. The monoisotopic (exact) mass is 98.1 g/mol. The molecular formula is C5H10N2. The third-order valence-corrected chi connectivity index (χ3v) is 0.544. The van der Waals surface area contributed by atoms with Crippen LogP contribution in [0.3, 0.4) is 0 Å². The Bertz CT molecular complexity index is 74.1. The lowest BCUT2D eigenvalue weighted by Gasteiger charge is -1.70. The molecule has 0 radical (unpaired) electrons. The summed E-state index contributed by atoms with van der Waals surface area (Å²) in [6.07, 6.45) is 6.39. The van der Waals surface area contributed by atoms with Crippen molar-refractivity contribution in [2.75, 3.05) is 0 Å². The molecule has 0 aliphatic heterocycles. The van der Waals surface area contributed by atoms with Crippen LogP contribution in [0.1, 0.15) is 13.3 Å². The van der Waals surface area contributed by atoms with Crippen LogP contribution < -0.4 is 5.84 Å². The zero-order valence-electron chi connectivity index (χ0n) is 4.46. The highest BCUT2D eigenvalue weighted by Gasteiger charge is 1.58. The zero-order chi connectivity index (χ0) is 5.54. The molecule has 0 amide bonds. The molecule has 0 bridgehead atoms. The van der Waals surface area contributed by atoms with E-state index in [0.29, 0.717) is 0 Å². The van der Waals surface area contributed by atoms with Crippen LogP contribution >= 0.6 is 0 Å². The van der Waals surface area contributed by atoms with Gasteiger partial charge in [-0.3, -0.25) is 0 Å². The Hall–Kier alpha value is -0.790. The van der Waals surface area contributed by atoms with Crippen LogP contribution in [-0.4, -0.2) is 6.21 Å². The van der Waals surface area contributed by atoms with Gasteiger partial charge in [-0.1, -0.05) is 13.0 Å². The molecule has 0 aliphatic carbocycles. The predicted molar refractivity (Wildman–Crippen MR) is 32.1 cm³/mol. The van der Waals surface area contributed by atoms with Crippen molar-refractivity contribution >= 4 is 6.21 Å². The summed E-state index contributed by atoms with van der Waals surface area (Å²) in [7, 11) is 0. The number of hydrogen-bond donors (Lipinski definition) is 1. The fourth-order valence-electron chi connectivity index (χ4n) is 0.247. The molecular weight excluding hydrogens is 88.1 g/mol. The molecule has 0 atom stereocenters. The molecule has 0 spiro atoms. The van der Waals surface area contributed by atoms with Gasteiger partial charge < -0.3 is 5.84 Å². The van der Waals surface area contributed by atoms with Gasteiger partial charge in [0, 0.05) is 6.21 Å². The Labute approximate surface area is 43.7 Å². The van der Waals surface area contributed by atoms with Crippen molar-refractivity contribution in [3.8, 4) is 0 Å². The molecule has 0 aromatic carbocycles. The minimum Gasteiger partial charge on any atom is -0.323 e. The van der Waals surface area contributed by atoms with Crippen molar-refractivity contribution in [1.82, 2.24) is 0 Å². The number of hydrazone groups is 1. The smallest absolute Gasteiger partial charge is 0.0462 e. The second kappa shape index (κ2) is 5.21. The van der Waals surface area contributed by atoms with Gasteiger partial charge in [0.15, 0.2) is 0 Å². The number of rotatable bonds is 2. The third kappa shape index (κ3) is 5.21. The molecule has 0 saturated heterocycles. The first kappa shape index (κ1) is 6.21. The first-order valence-corrected chi connectivity index (χ1v) is 2.30. The highest BCUT2D eigenvalue weighted by atomic mass is 15.1. The van der Waals surface area contributed by atoms with Crippen LogP contribution in [0.4, 0.5) is 0 Å². The van der Waals surface area contributed by atoms with Gasteiger partial charge in [-0.05, 0) is 12.5 Å². The van der Waals surface area contributed by atoms with E-state index in [1.807, 2.05) is 12.2 Å². The molecule has 0 fully saturated rings. The molecule has 0 rings (SSSR count). The lowest BCUT2D eigenvalue weighted by Crippen LogP contribution is -1.76. The lowest BCUT2D eigenvalue weighted by molar-refractivity contribution is 1.22. The summed E-state index contributed by atoms with van der Waals surface area (Å²) in [5.41, 5.74) is 0. The van der Waals surface area contributed by atoms with Gasteiger partial charge in [0.1, 0.15) is 0 Å². The van der Waals surface area contributed by atoms with E-state index in [1.165, 1.54) is 0 Å². The van der Waals surface area contributed by atoms with Gasteiger partial charge in [-0.15, -0.1) is 0 Å². The Morgan fingerprint density at radius 3 is 2.86 bits per heavy atom. The van der Waals surface area contributed by atoms with Crippen LogP contribution in [0.15, 0.2) is 17.3 Å². The minimum absolute atomic E-state index is 1.03. The Balaban J connectivity index is 3.09. The van der Waals surface area contributed by atoms with E-state index >= 15 is 0 Å². The maximum Gasteiger partial charge on any atom is 0.0462 e. The largest absolute Gasteiger partial charge is 0.323 e. The Kier molecular flexibility index (Phi) is 4.62. The van der Waals surface area contributed by atoms with Crippen molar-refractivity contribution in [1.29, 1.82) is 0 Å². The van der Waals surface area contributed by atoms with Crippen LogP contribution in [0.2, 0.25) is 0 Å². The van der Waals surface area contributed by atoms with Crippen LogP contribution in [0.25, 0.3) is 0 Å². The average Bonchev–Trinajstić information content (AvgIpc) is 1.69. The summed E-state index contributed by atoms with van der Waals surface area (Å²) in [6, 6.07) is 0. The first-order valence-electron chi connectivity index (χ1n) is 2.30. The van der Waals surface area contributed by atoms with Crippen LogP contribution in [-0.2, 0) is 0 Å². The SMILES string of the molecule is CC/C=C/C=N/N. The molecule has 40 valence electrons. The van der Waals surface area contributed by atoms with Gasteiger partial charge in [0.05, 0.1) is 0 Å². The molecule has 0 saturated carbocycles. The highest BCUT2D eigenvalue weighted by Crippen LogP contribution is 1.73. The molecule has 7 heavy (non-hydrogen) atoms. The predicted octanol–water partition coefficient (Wildman–Crippen LogP) is 0.897. The summed E-state index contributed by atoms with van der Waals surface area (Å²) in [5, 5.41) is 3.26. The van der Waals surface area contributed by atoms with Crippen LogP contribution in [0.5, 0.6) is 0 Å². The summed E-state index contributed by atoms with van der Waals surface area (Å²) >= 11 is 0. The number of allylic oxidation sites excluding steroid dienone is 2. The number of hydrogen-bond acceptors (Lipinski definition) is 2. The highest BCUT2D eigenvalue weighted by molar-refractivity contribution is 5.70. The van der Waals surface area contributed by atoms with Gasteiger partial charge in [-0.2, -0.15) is 5.10 Å². The third-order valence-electron chi connectivity index (χ3n) is 0.544. The molecule has 0 unspecified atom stereocenters. The molecule has 2 nitrogen and oxygen atoms in total.